The first kappa shape index (κ1) is 17.9. The molecule has 1 aromatic carbocycles. The molecular weight excluding hydrogens is 344 g/mol. The van der Waals surface area contributed by atoms with Gasteiger partial charge in [-0.15, -0.1) is 0 Å². The number of carboxylic acids is 1. The first-order chi connectivity index (χ1) is 10.7. The van der Waals surface area contributed by atoms with Crippen molar-refractivity contribution in [3.8, 4) is 0 Å². The Morgan fingerprint density at radius 3 is 2.17 bits per heavy atom. The van der Waals surface area contributed by atoms with Crippen molar-refractivity contribution >= 4 is 26.0 Å². The molecule has 0 saturated heterocycles. The second-order valence-corrected chi connectivity index (χ2v) is 8.66. The zero-order chi connectivity index (χ0) is 17.1. The van der Waals surface area contributed by atoms with Crippen molar-refractivity contribution in [2.45, 2.75) is 41.5 Å². The minimum Gasteiger partial charge on any atom is -0.481 e. The zero-order valence-corrected chi connectivity index (χ0v) is 13.9. The number of hydrogen-bond acceptors (Lipinski definition) is 5. The van der Waals surface area contributed by atoms with Gasteiger partial charge in [0.2, 0.25) is 20.0 Å². The molecule has 1 saturated carbocycles. The Balaban J connectivity index is 2.19. The molecule has 0 aliphatic heterocycles. The quantitative estimate of drug-likeness (QED) is 0.541. The maximum Gasteiger partial charge on any atom is 0.303 e. The summed E-state index contributed by atoms with van der Waals surface area (Å²) >= 11 is 0. The molecule has 128 valence electrons. The highest BCUT2D eigenvalue weighted by Gasteiger charge is 2.31. The number of sulfonamides is 2. The number of carboxylic acid groups (broad SMARTS) is 1. The van der Waals surface area contributed by atoms with E-state index in [1.54, 1.807) is 0 Å². The van der Waals surface area contributed by atoms with Crippen molar-refractivity contribution in [3.05, 3.63) is 24.3 Å². The van der Waals surface area contributed by atoms with Crippen LogP contribution in [0.1, 0.15) is 25.7 Å². The molecule has 0 aromatic heterocycles. The maximum atomic E-state index is 12.3. The van der Waals surface area contributed by atoms with Crippen LogP contribution in [0.4, 0.5) is 0 Å². The number of rotatable bonds is 9. The molecule has 0 bridgehead atoms. The van der Waals surface area contributed by atoms with Gasteiger partial charge in [0.05, 0.1) is 0 Å². The summed E-state index contributed by atoms with van der Waals surface area (Å²) in [4.78, 5) is 9.77. The predicted octanol–water partition coefficient (Wildman–Crippen LogP) is 0.270. The Hall–Kier alpha value is -1.49. The van der Waals surface area contributed by atoms with Crippen LogP contribution in [0.3, 0.4) is 0 Å². The van der Waals surface area contributed by atoms with Crippen molar-refractivity contribution in [2.75, 3.05) is 6.54 Å². The first-order valence-electron chi connectivity index (χ1n) is 7.05. The van der Waals surface area contributed by atoms with Gasteiger partial charge in [0.15, 0.2) is 0 Å². The van der Waals surface area contributed by atoms with Gasteiger partial charge in [-0.2, -0.15) is 0 Å². The number of aliphatic carboxylic acids is 1. The van der Waals surface area contributed by atoms with Crippen LogP contribution in [-0.4, -0.2) is 40.5 Å². The molecule has 0 radical (unpaired) electrons. The summed E-state index contributed by atoms with van der Waals surface area (Å²) in [6.45, 7) is -0.0843. The van der Waals surface area contributed by atoms with Gasteiger partial charge in [-0.25, -0.2) is 26.3 Å². The van der Waals surface area contributed by atoms with Crippen LogP contribution in [-0.2, 0) is 24.8 Å². The molecule has 23 heavy (non-hydrogen) atoms. The third-order valence-electron chi connectivity index (χ3n) is 3.19. The van der Waals surface area contributed by atoms with Gasteiger partial charge in [0.25, 0.3) is 0 Å². The van der Waals surface area contributed by atoms with Crippen molar-refractivity contribution in [2.24, 2.45) is 0 Å². The third-order valence-corrected chi connectivity index (χ3v) is 6.41. The standard InChI is InChI=1S/C13H18N2O6S2/c16-13(17)6-3-9-14-22(18,19)11-4-1-2-5-12(11)23(20,21)15-10-7-8-10/h1-2,4-5,10,14-15H,3,6-9H2,(H,16,17). The van der Waals surface area contributed by atoms with E-state index in [1.165, 1.54) is 24.3 Å². The highest BCUT2D eigenvalue weighted by molar-refractivity contribution is 7.92. The summed E-state index contributed by atoms with van der Waals surface area (Å²) < 4.78 is 53.8. The molecule has 2 rings (SSSR count). The first-order valence-corrected chi connectivity index (χ1v) is 10.0. The molecule has 1 aliphatic rings. The Morgan fingerprint density at radius 2 is 1.65 bits per heavy atom. The smallest absolute Gasteiger partial charge is 0.303 e. The van der Waals surface area contributed by atoms with Crippen LogP contribution in [0.5, 0.6) is 0 Å². The minimum absolute atomic E-state index is 0.0843. The van der Waals surface area contributed by atoms with Gasteiger partial charge in [-0.3, -0.25) is 4.79 Å². The average molecular weight is 362 g/mol. The Bertz CT molecular complexity index is 784. The summed E-state index contributed by atoms with van der Waals surface area (Å²) in [7, 11) is -7.97. The van der Waals surface area contributed by atoms with Crippen LogP contribution in [0.15, 0.2) is 34.1 Å². The molecule has 0 unspecified atom stereocenters. The normalized spacial score (nSPS) is 15.5. The molecule has 0 atom stereocenters. The SMILES string of the molecule is O=C(O)CCCNS(=O)(=O)c1ccccc1S(=O)(=O)NC1CC1. The lowest BCUT2D eigenvalue weighted by Gasteiger charge is -2.12. The molecule has 10 heteroatoms. The van der Waals surface area contributed by atoms with Crippen LogP contribution >= 0.6 is 0 Å². The van der Waals surface area contributed by atoms with E-state index in [1.807, 2.05) is 0 Å². The predicted molar refractivity (Wildman–Crippen MR) is 81.8 cm³/mol. The second kappa shape index (κ2) is 6.95. The van der Waals surface area contributed by atoms with E-state index < -0.39 is 26.0 Å². The lowest BCUT2D eigenvalue weighted by molar-refractivity contribution is -0.137. The van der Waals surface area contributed by atoms with Crippen molar-refractivity contribution in [1.82, 2.24) is 9.44 Å². The van der Waals surface area contributed by atoms with Gasteiger partial charge in [-0.1, -0.05) is 12.1 Å². The van der Waals surface area contributed by atoms with Crippen LogP contribution in [0, 0.1) is 0 Å². The summed E-state index contributed by atoms with van der Waals surface area (Å²) in [5, 5.41) is 8.54. The van der Waals surface area contributed by atoms with E-state index in [0.29, 0.717) is 0 Å². The number of carbonyl (C=O) groups is 1. The number of nitrogens with one attached hydrogen (secondary N) is 2. The largest absolute Gasteiger partial charge is 0.481 e. The molecule has 3 N–H and O–H groups in total. The fraction of sp³-hybridized carbons (Fsp3) is 0.462. The van der Waals surface area contributed by atoms with Gasteiger partial charge in [-0.05, 0) is 31.4 Å². The topological polar surface area (TPSA) is 130 Å². The van der Waals surface area contributed by atoms with Gasteiger partial charge >= 0.3 is 5.97 Å². The summed E-state index contributed by atoms with van der Waals surface area (Å²) in [5.74, 6) is -1.03. The molecule has 0 heterocycles. The lowest BCUT2D eigenvalue weighted by atomic mass is 10.3. The van der Waals surface area contributed by atoms with Gasteiger partial charge in [0.1, 0.15) is 9.79 Å². The fourth-order valence-electron chi connectivity index (χ4n) is 1.90. The molecule has 0 spiro atoms. The highest BCUT2D eigenvalue weighted by atomic mass is 32.2. The Kier molecular flexibility index (Phi) is 5.40. The Labute approximate surface area is 135 Å². The van der Waals surface area contributed by atoms with Crippen LogP contribution < -0.4 is 9.44 Å². The average Bonchev–Trinajstić information content (AvgIpc) is 3.27. The second-order valence-electron chi connectivity index (χ2n) is 5.24. The van der Waals surface area contributed by atoms with E-state index in [-0.39, 0.29) is 35.2 Å². The summed E-state index contributed by atoms with van der Waals surface area (Å²) in [5.41, 5.74) is 0. The highest BCUT2D eigenvalue weighted by Crippen LogP contribution is 2.25. The van der Waals surface area contributed by atoms with E-state index in [9.17, 15) is 21.6 Å². The number of benzene rings is 1. The van der Waals surface area contributed by atoms with E-state index >= 15 is 0 Å². The van der Waals surface area contributed by atoms with Crippen LogP contribution in [0.2, 0.25) is 0 Å². The van der Waals surface area contributed by atoms with Gasteiger partial charge < -0.3 is 5.11 Å². The van der Waals surface area contributed by atoms with Crippen LogP contribution in [0.25, 0.3) is 0 Å². The number of hydrogen-bond donors (Lipinski definition) is 3. The minimum atomic E-state index is -4.05. The monoisotopic (exact) mass is 362 g/mol. The summed E-state index contributed by atoms with van der Waals surface area (Å²) in [6, 6.07) is 5.18. The zero-order valence-electron chi connectivity index (χ0n) is 12.2. The fourth-order valence-corrected chi connectivity index (χ4v) is 5.11. The van der Waals surface area contributed by atoms with E-state index in [2.05, 4.69) is 9.44 Å². The maximum absolute atomic E-state index is 12.3. The third kappa shape index (κ3) is 4.99. The molecule has 8 nitrogen and oxygen atoms in total. The summed E-state index contributed by atoms with van der Waals surface area (Å²) in [6.07, 6.45) is 1.42. The Morgan fingerprint density at radius 1 is 1.09 bits per heavy atom. The van der Waals surface area contributed by atoms with Crippen molar-refractivity contribution in [1.29, 1.82) is 0 Å². The van der Waals surface area contributed by atoms with Gasteiger partial charge in [0, 0.05) is 19.0 Å². The van der Waals surface area contributed by atoms with Crippen molar-refractivity contribution < 1.29 is 26.7 Å². The van der Waals surface area contributed by atoms with E-state index in [0.717, 1.165) is 12.8 Å². The lowest BCUT2D eigenvalue weighted by Crippen LogP contribution is -2.30. The molecular formula is C13H18N2O6S2. The molecule has 1 fully saturated rings. The molecule has 1 aliphatic carbocycles. The molecule has 1 aromatic rings. The molecule has 0 amide bonds. The van der Waals surface area contributed by atoms with Crippen molar-refractivity contribution in [3.63, 3.8) is 0 Å². The van der Waals surface area contributed by atoms with E-state index in [4.69, 9.17) is 5.11 Å².